The number of nitrogens with zero attached hydrogens (tertiary/aromatic N) is 3. The first kappa shape index (κ1) is 12.2. The summed E-state index contributed by atoms with van der Waals surface area (Å²) in [4.78, 5) is 2.35. The monoisotopic (exact) mass is 210 g/mol. The lowest BCUT2D eigenvalue weighted by Crippen LogP contribution is -2.31. The van der Waals surface area contributed by atoms with Gasteiger partial charge in [-0.1, -0.05) is 6.92 Å². The molecule has 0 spiro atoms. The summed E-state index contributed by atoms with van der Waals surface area (Å²) in [6.07, 6.45) is 3.83. The molecule has 4 heteroatoms. The van der Waals surface area contributed by atoms with Crippen LogP contribution in [0.5, 0.6) is 0 Å². The van der Waals surface area contributed by atoms with Crippen LogP contribution >= 0.6 is 0 Å². The number of nitrogens with one attached hydrogen (secondary N) is 1. The highest BCUT2D eigenvalue weighted by Crippen LogP contribution is 1.96. The molecule has 0 amide bonds. The van der Waals surface area contributed by atoms with Crippen LogP contribution in [0.2, 0.25) is 0 Å². The Morgan fingerprint density at radius 2 is 2.33 bits per heavy atom. The number of aromatic nitrogens is 2. The van der Waals surface area contributed by atoms with Crippen LogP contribution in [0.1, 0.15) is 6.92 Å². The van der Waals surface area contributed by atoms with E-state index in [1.807, 2.05) is 30.2 Å². The van der Waals surface area contributed by atoms with Crippen LogP contribution in [0.25, 0.3) is 0 Å². The molecule has 1 rings (SSSR count). The first-order chi connectivity index (χ1) is 7.22. The van der Waals surface area contributed by atoms with Crippen LogP contribution in [0.15, 0.2) is 18.5 Å². The molecule has 0 fully saturated rings. The average molecular weight is 210 g/mol. The lowest BCUT2D eigenvalue weighted by atomic mass is 10.2. The summed E-state index contributed by atoms with van der Waals surface area (Å²) in [5, 5.41) is 7.38. The van der Waals surface area contributed by atoms with Crippen molar-refractivity contribution in [3.05, 3.63) is 18.5 Å². The maximum absolute atomic E-state index is 4.18. The normalized spacial score (nSPS) is 13.3. The second-order valence-electron chi connectivity index (χ2n) is 4.19. The van der Waals surface area contributed by atoms with Crippen molar-refractivity contribution >= 4 is 0 Å². The lowest BCUT2D eigenvalue weighted by molar-refractivity contribution is 0.269. The highest BCUT2D eigenvalue weighted by Gasteiger charge is 2.05. The minimum atomic E-state index is 0.692. The van der Waals surface area contributed by atoms with Gasteiger partial charge in [0, 0.05) is 25.5 Å². The van der Waals surface area contributed by atoms with Gasteiger partial charge in [0.1, 0.15) is 0 Å². The van der Waals surface area contributed by atoms with E-state index in [-0.39, 0.29) is 0 Å². The van der Waals surface area contributed by atoms with E-state index in [1.54, 1.807) is 0 Å². The Kier molecular flexibility index (Phi) is 5.36. The van der Waals surface area contributed by atoms with E-state index in [4.69, 9.17) is 0 Å². The molecule has 0 aliphatic heterocycles. The largest absolute Gasteiger partial charge is 0.319 e. The van der Waals surface area contributed by atoms with Crippen molar-refractivity contribution in [2.45, 2.75) is 13.5 Å². The highest BCUT2D eigenvalue weighted by molar-refractivity contribution is 4.77. The van der Waals surface area contributed by atoms with Crippen molar-refractivity contribution in [2.75, 3.05) is 33.7 Å². The first-order valence-electron chi connectivity index (χ1n) is 5.53. The van der Waals surface area contributed by atoms with E-state index >= 15 is 0 Å². The van der Waals surface area contributed by atoms with Crippen molar-refractivity contribution in [3.63, 3.8) is 0 Å². The zero-order chi connectivity index (χ0) is 11.1. The van der Waals surface area contributed by atoms with Crippen molar-refractivity contribution < 1.29 is 0 Å². The molecule has 1 atom stereocenters. The number of likely N-dealkylation sites (N-methyl/N-ethyl adjacent to an activating group) is 1. The Bertz CT molecular complexity index is 245. The molecule has 15 heavy (non-hydrogen) atoms. The SMILES string of the molecule is CNCC(C)CN(C)CCn1cccn1. The Morgan fingerprint density at radius 3 is 2.93 bits per heavy atom. The van der Waals surface area contributed by atoms with Crippen LogP contribution < -0.4 is 5.32 Å². The van der Waals surface area contributed by atoms with E-state index in [0.29, 0.717) is 5.92 Å². The molecule has 1 heterocycles. The van der Waals surface area contributed by atoms with Gasteiger partial charge in [0.25, 0.3) is 0 Å². The zero-order valence-electron chi connectivity index (χ0n) is 9.98. The van der Waals surface area contributed by atoms with Gasteiger partial charge in [-0.2, -0.15) is 5.10 Å². The molecule has 0 aromatic carbocycles. The van der Waals surface area contributed by atoms with E-state index in [9.17, 15) is 0 Å². The summed E-state index contributed by atoms with van der Waals surface area (Å²) in [5.74, 6) is 0.692. The molecule has 0 radical (unpaired) electrons. The van der Waals surface area contributed by atoms with Crippen molar-refractivity contribution in [2.24, 2.45) is 5.92 Å². The van der Waals surface area contributed by atoms with Gasteiger partial charge in [-0.05, 0) is 32.6 Å². The minimum Gasteiger partial charge on any atom is -0.319 e. The van der Waals surface area contributed by atoms with Gasteiger partial charge in [0.15, 0.2) is 0 Å². The standard InChI is InChI=1S/C11H22N4/c1-11(9-12-2)10-14(3)7-8-15-6-4-5-13-15/h4-6,11-12H,7-10H2,1-3H3. The molecule has 1 aromatic rings. The molecule has 1 aromatic heterocycles. The molecule has 0 bridgehead atoms. The smallest absolute Gasteiger partial charge is 0.0536 e. The van der Waals surface area contributed by atoms with Gasteiger partial charge in [-0.15, -0.1) is 0 Å². The third kappa shape index (κ3) is 4.95. The van der Waals surface area contributed by atoms with Crippen molar-refractivity contribution in [3.8, 4) is 0 Å². The summed E-state index contributed by atoms with van der Waals surface area (Å²) < 4.78 is 1.97. The second kappa shape index (κ2) is 6.58. The highest BCUT2D eigenvalue weighted by atomic mass is 15.3. The number of rotatable bonds is 7. The Labute approximate surface area is 92.3 Å². The summed E-state index contributed by atoms with van der Waals surface area (Å²) in [6.45, 7) is 6.49. The topological polar surface area (TPSA) is 33.1 Å². The molecule has 0 saturated heterocycles. The Morgan fingerprint density at radius 1 is 1.53 bits per heavy atom. The van der Waals surface area contributed by atoms with Gasteiger partial charge in [-0.3, -0.25) is 4.68 Å². The van der Waals surface area contributed by atoms with Crippen LogP contribution in [-0.4, -0.2) is 48.4 Å². The first-order valence-corrected chi connectivity index (χ1v) is 5.53. The van der Waals surface area contributed by atoms with Crippen LogP contribution in [0.4, 0.5) is 0 Å². The summed E-state index contributed by atoms with van der Waals surface area (Å²) in [6, 6.07) is 1.96. The molecule has 0 aliphatic rings. The fraction of sp³-hybridized carbons (Fsp3) is 0.727. The van der Waals surface area contributed by atoms with Gasteiger partial charge in [0.05, 0.1) is 6.54 Å². The van der Waals surface area contributed by atoms with E-state index in [1.165, 1.54) is 0 Å². The lowest BCUT2D eigenvalue weighted by Gasteiger charge is -2.20. The zero-order valence-corrected chi connectivity index (χ0v) is 9.98. The van der Waals surface area contributed by atoms with Crippen molar-refractivity contribution in [1.82, 2.24) is 20.0 Å². The maximum Gasteiger partial charge on any atom is 0.0536 e. The van der Waals surface area contributed by atoms with E-state index in [2.05, 4.69) is 29.3 Å². The second-order valence-corrected chi connectivity index (χ2v) is 4.19. The minimum absolute atomic E-state index is 0.692. The quantitative estimate of drug-likeness (QED) is 0.718. The van der Waals surface area contributed by atoms with Crippen LogP contribution in [0, 0.1) is 5.92 Å². The fourth-order valence-corrected chi connectivity index (χ4v) is 1.74. The molecular formula is C11H22N4. The van der Waals surface area contributed by atoms with Crippen LogP contribution in [-0.2, 0) is 6.54 Å². The van der Waals surface area contributed by atoms with Crippen LogP contribution in [0.3, 0.4) is 0 Å². The van der Waals surface area contributed by atoms with Gasteiger partial charge < -0.3 is 10.2 Å². The predicted molar refractivity (Wildman–Crippen MR) is 62.8 cm³/mol. The van der Waals surface area contributed by atoms with Gasteiger partial charge in [0.2, 0.25) is 0 Å². The molecule has 1 unspecified atom stereocenters. The molecule has 86 valence electrons. The summed E-state index contributed by atoms with van der Waals surface area (Å²) >= 11 is 0. The number of hydrogen-bond donors (Lipinski definition) is 1. The van der Waals surface area contributed by atoms with Crippen molar-refractivity contribution in [1.29, 1.82) is 0 Å². The predicted octanol–water partition coefficient (Wildman–Crippen LogP) is 0.670. The Balaban J connectivity index is 2.15. The number of hydrogen-bond acceptors (Lipinski definition) is 3. The molecule has 0 saturated carbocycles. The average Bonchev–Trinajstić information content (AvgIpc) is 2.67. The third-order valence-electron chi connectivity index (χ3n) is 2.45. The molecular weight excluding hydrogens is 188 g/mol. The fourth-order valence-electron chi connectivity index (χ4n) is 1.74. The molecule has 0 aliphatic carbocycles. The summed E-state index contributed by atoms with van der Waals surface area (Å²) in [5.41, 5.74) is 0. The van der Waals surface area contributed by atoms with Gasteiger partial charge in [-0.25, -0.2) is 0 Å². The van der Waals surface area contributed by atoms with Gasteiger partial charge >= 0.3 is 0 Å². The molecule has 1 N–H and O–H groups in total. The van der Waals surface area contributed by atoms with E-state index < -0.39 is 0 Å². The molecule has 4 nitrogen and oxygen atoms in total. The van der Waals surface area contributed by atoms with E-state index in [0.717, 1.165) is 26.2 Å². The Hall–Kier alpha value is -0.870. The maximum atomic E-state index is 4.18. The third-order valence-corrected chi connectivity index (χ3v) is 2.45. The summed E-state index contributed by atoms with van der Waals surface area (Å²) in [7, 11) is 4.16.